The van der Waals surface area contributed by atoms with Gasteiger partial charge in [0.15, 0.2) is 0 Å². The van der Waals surface area contributed by atoms with Crippen LogP contribution in [0.15, 0.2) is 22.8 Å². The molecule has 1 aromatic carbocycles. The number of nitrogens with one attached hydrogen (secondary N) is 2. The maximum absolute atomic E-state index is 11.8. The first-order chi connectivity index (χ1) is 11.1. The van der Waals surface area contributed by atoms with E-state index in [9.17, 15) is 4.79 Å². The molecule has 1 aliphatic heterocycles. The van der Waals surface area contributed by atoms with E-state index >= 15 is 0 Å². The molecule has 2 heterocycles. The van der Waals surface area contributed by atoms with Crippen molar-refractivity contribution in [3.8, 4) is 11.6 Å². The lowest BCUT2D eigenvalue weighted by Crippen LogP contribution is -2.32. The highest BCUT2D eigenvalue weighted by Crippen LogP contribution is 2.30. The fourth-order valence-corrected chi connectivity index (χ4v) is 2.34. The van der Waals surface area contributed by atoms with Crippen LogP contribution in [0.3, 0.4) is 0 Å². The summed E-state index contributed by atoms with van der Waals surface area (Å²) in [4.78, 5) is 11.8. The average molecular weight is 318 g/mol. The Hall–Kier alpha value is -2.77. The lowest BCUT2D eigenvalue weighted by atomic mass is 10.1. The van der Waals surface area contributed by atoms with Gasteiger partial charge in [0.1, 0.15) is 24.2 Å². The molecular weight excluding hydrogens is 300 g/mol. The van der Waals surface area contributed by atoms with Crippen LogP contribution in [0, 0.1) is 6.92 Å². The maximum atomic E-state index is 11.8. The molecule has 8 heteroatoms. The summed E-state index contributed by atoms with van der Waals surface area (Å²) in [6.07, 6.45) is 1.03. The molecule has 122 valence electrons. The Balaban J connectivity index is 1.43. The van der Waals surface area contributed by atoms with Crippen LogP contribution in [0.1, 0.15) is 18.2 Å². The molecule has 2 aromatic rings. The van der Waals surface area contributed by atoms with Gasteiger partial charge in [-0.25, -0.2) is 9.42 Å². The van der Waals surface area contributed by atoms with Crippen molar-refractivity contribution < 1.29 is 18.9 Å². The minimum absolute atomic E-state index is 0.181. The zero-order valence-corrected chi connectivity index (χ0v) is 13.0. The third-order valence-corrected chi connectivity index (χ3v) is 3.39. The van der Waals surface area contributed by atoms with Gasteiger partial charge < -0.3 is 20.1 Å². The minimum atomic E-state index is -0.296. The Labute approximate surface area is 133 Å². The summed E-state index contributed by atoms with van der Waals surface area (Å²) in [6.45, 7) is 4.36. The van der Waals surface area contributed by atoms with Crippen molar-refractivity contribution in [1.82, 2.24) is 15.6 Å². The molecule has 2 amide bonds. The molecule has 0 bridgehead atoms. The third-order valence-electron chi connectivity index (χ3n) is 3.39. The van der Waals surface area contributed by atoms with Crippen LogP contribution in [-0.4, -0.2) is 35.6 Å². The summed E-state index contributed by atoms with van der Waals surface area (Å²) < 4.78 is 15.5. The number of hydrogen-bond acceptors (Lipinski definition) is 6. The number of amides is 2. The molecule has 2 N–H and O–H groups in total. The Morgan fingerprint density at radius 1 is 1.43 bits per heavy atom. The molecule has 0 spiro atoms. The molecule has 0 aliphatic carbocycles. The third kappa shape index (κ3) is 3.71. The number of aryl methyl sites for hydroxylation is 1. The van der Waals surface area contributed by atoms with E-state index < -0.39 is 0 Å². The first kappa shape index (κ1) is 15.1. The van der Waals surface area contributed by atoms with Crippen LogP contribution >= 0.6 is 0 Å². The van der Waals surface area contributed by atoms with Gasteiger partial charge in [-0.15, -0.1) is 0 Å². The average Bonchev–Trinajstić information content (AvgIpc) is 3.08. The monoisotopic (exact) mass is 318 g/mol. The summed E-state index contributed by atoms with van der Waals surface area (Å²) in [5.74, 6) is 1.22. The standard InChI is InChI=1S/C15H18N4O4/c1-9-7-11-8-12(3-4-13(11)22-9)17-15(20)16-5-6-21-14-10(2)18-23-19-14/h3-4,8-9H,5-7H2,1-2H3,(H2,16,17,20)/t9-/m1/s1. The molecule has 3 rings (SSSR count). The molecule has 1 aliphatic rings. The smallest absolute Gasteiger partial charge is 0.319 e. The van der Waals surface area contributed by atoms with Crippen LogP contribution in [0.5, 0.6) is 11.6 Å². The van der Waals surface area contributed by atoms with Gasteiger partial charge in [-0.1, -0.05) is 5.16 Å². The van der Waals surface area contributed by atoms with E-state index in [4.69, 9.17) is 9.47 Å². The predicted molar refractivity (Wildman–Crippen MR) is 81.8 cm³/mol. The molecule has 8 nitrogen and oxygen atoms in total. The van der Waals surface area contributed by atoms with Crippen LogP contribution in [0.25, 0.3) is 0 Å². The van der Waals surface area contributed by atoms with E-state index in [-0.39, 0.29) is 18.7 Å². The summed E-state index contributed by atoms with van der Waals surface area (Å²) in [5.41, 5.74) is 2.41. The van der Waals surface area contributed by atoms with Crippen molar-refractivity contribution in [2.24, 2.45) is 0 Å². The first-order valence-electron chi connectivity index (χ1n) is 7.38. The molecule has 23 heavy (non-hydrogen) atoms. The van der Waals surface area contributed by atoms with Gasteiger partial charge in [-0.3, -0.25) is 0 Å². The van der Waals surface area contributed by atoms with Gasteiger partial charge >= 0.3 is 6.03 Å². The van der Waals surface area contributed by atoms with Crippen LogP contribution in [-0.2, 0) is 6.42 Å². The SMILES string of the molecule is Cc1nonc1OCCNC(=O)Nc1ccc2c(c1)C[C@@H](C)O2. The summed E-state index contributed by atoms with van der Waals surface area (Å²) in [6, 6.07) is 5.32. The number of carbonyl (C=O) groups excluding carboxylic acids is 1. The molecule has 1 atom stereocenters. The number of benzene rings is 1. The van der Waals surface area contributed by atoms with Gasteiger partial charge in [0, 0.05) is 12.1 Å². The number of fused-ring (bicyclic) bond motifs is 1. The van der Waals surface area contributed by atoms with Gasteiger partial charge in [-0.2, -0.15) is 0 Å². The number of carbonyl (C=O) groups is 1. The molecule has 0 saturated heterocycles. The molecule has 1 aromatic heterocycles. The number of anilines is 1. The second-order valence-corrected chi connectivity index (χ2v) is 5.34. The van der Waals surface area contributed by atoms with Crippen molar-refractivity contribution in [2.45, 2.75) is 26.4 Å². The number of ether oxygens (including phenoxy) is 2. The van der Waals surface area contributed by atoms with E-state index in [1.165, 1.54) is 0 Å². The lowest BCUT2D eigenvalue weighted by molar-refractivity contribution is 0.240. The van der Waals surface area contributed by atoms with E-state index in [0.29, 0.717) is 18.1 Å². The second-order valence-electron chi connectivity index (χ2n) is 5.34. The van der Waals surface area contributed by atoms with E-state index in [2.05, 4.69) is 25.6 Å². The van der Waals surface area contributed by atoms with Gasteiger partial charge in [-0.05, 0) is 42.8 Å². The fraction of sp³-hybridized carbons (Fsp3) is 0.400. The number of nitrogens with zero attached hydrogens (tertiary/aromatic N) is 2. The second kappa shape index (κ2) is 6.55. The predicted octanol–water partition coefficient (Wildman–Crippen LogP) is 1.90. The van der Waals surface area contributed by atoms with Crippen molar-refractivity contribution >= 4 is 11.7 Å². The van der Waals surface area contributed by atoms with Gasteiger partial charge in [0.25, 0.3) is 5.88 Å². The number of urea groups is 1. The summed E-state index contributed by atoms with van der Waals surface area (Å²) in [7, 11) is 0. The molecule has 0 radical (unpaired) electrons. The highest BCUT2D eigenvalue weighted by molar-refractivity contribution is 5.89. The number of aromatic nitrogens is 2. The quantitative estimate of drug-likeness (QED) is 0.817. The molecular formula is C15H18N4O4. The normalized spacial score (nSPS) is 15.7. The van der Waals surface area contributed by atoms with E-state index in [0.717, 1.165) is 23.4 Å². The van der Waals surface area contributed by atoms with Crippen LogP contribution in [0.4, 0.5) is 10.5 Å². The zero-order chi connectivity index (χ0) is 16.2. The number of hydrogen-bond donors (Lipinski definition) is 2. The first-order valence-corrected chi connectivity index (χ1v) is 7.38. The summed E-state index contributed by atoms with van der Waals surface area (Å²) >= 11 is 0. The lowest BCUT2D eigenvalue weighted by Gasteiger charge is -2.09. The van der Waals surface area contributed by atoms with Crippen molar-refractivity contribution in [2.75, 3.05) is 18.5 Å². The van der Waals surface area contributed by atoms with E-state index in [1.54, 1.807) is 6.92 Å². The Morgan fingerprint density at radius 2 is 2.30 bits per heavy atom. The van der Waals surface area contributed by atoms with Crippen molar-refractivity contribution in [3.63, 3.8) is 0 Å². The Kier molecular flexibility index (Phi) is 4.31. The minimum Gasteiger partial charge on any atom is -0.490 e. The van der Waals surface area contributed by atoms with Crippen molar-refractivity contribution in [1.29, 1.82) is 0 Å². The van der Waals surface area contributed by atoms with Crippen LogP contribution in [0.2, 0.25) is 0 Å². The summed E-state index contributed by atoms with van der Waals surface area (Å²) in [5, 5.41) is 12.7. The largest absolute Gasteiger partial charge is 0.490 e. The van der Waals surface area contributed by atoms with Crippen LogP contribution < -0.4 is 20.1 Å². The highest BCUT2D eigenvalue weighted by atomic mass is 16.6. The van der Waals surface area contributed by atoms with E-state index in [1.807, 2.05) is 25.1 Å². The number of rotatable bonds is 5. The molecule has 0 fully saturated rings. The topological polar surface area (TPSA) is 98.5 Å². The van der Waals surface area contributed by atoms with Gasteiger partial charge in [0.2, 0.25) is 0 Å². The highest BCUT2D eigenvalue weighted by Gasteiger charge is 2.19. The fourth-order valence-electron chi connectivity index (χ4n) is 2.34. The molecule has 0 unspecified atom stereocenters. The van der Waals surface area contributed by atoms with Gasteiger partial charge in [0.05, 0.1) is 6.54 Å². The zero-order valence-electron chi connectivity index (χ0n) is 13.0. The Bertz CT molecular complexity index is 701. The Morgan fingerprint density at radius 3 is 3.09 bits per heavy atom. The maximum Gasteiger partial charge on any atom is 0.319 e. The van der Waals surface area contributed by atoms with Crippen molar-refractivity contribution in [3.05, 3.63) is 29.5 Å². The molecule has 0 saturated carbocycles.